The van der Waals surface area contributed by atoms with Crippen molar-refractivity contribution in [2.24, 2.45) is 0 Å². The molecule has 8 heteroatoms. The topological polar surface area (TPSA) is 77.2 Å². The molecule has 0 bridgehead atoms. The molecule has 3 nitrogen and oxygen atoms in total. The first-order valence-corrected chi connectivity index (χ1v) is 8.95. The fourth-order valence-corrected chi connectivity index (χ4v) is 5.52. The van der Waals surface area contributed by atoms with Gasteiger partial charge in [-0.25, -0.2) is 13.2 Å². The molecule has 0 aromatic heterocycles. The molecule has 0 spiro atoms. The van der Waals surface area contributed by atoms with Gasteiger partial charge < -0.3 is 15.7 Å². The van der Waals surface area contributed by atoms with Crippen molar-refractivity contribution < 1.29 is 47.5 Å². The van der Waals surface area contributed by atoms with E-state index >= 15 is 0 Å². The summed E-state index contributed by atoms with van der Waals surface area (Å²) in [5.74, 6) is -1.24. The van der Waals surface area contributed by atoms with Crippen molar-refractivity contribution in [3.63, 3.8) is 0 Å². The molecule has 26 heavy (non-hydrogen) atoms. The Kier molecular flexibility index (Phi) is 9.03. The van der Waals surface area contributed by atoms with Gasteiger partial charge in [0.15, 0.2) is 0 Å². The van der Waals surface area contributed by atoms with Crippen molar-refractivity contribution in [1.82, 2.24) is 0 Å². The number of hydrogen-bond acceptors (Lipinski definition) is 1. The summed E-state index contributed by atoms with van der Waals surface area (Å²) in [6, 6.07) is 16.6. The maximum absolute atomic E-state index is 13.2. The zero-order chi connectivity index (χ0) is 16.4. The van der Waals surface area contributed by atoms with Gasteiger partial charge in [0.1, 0.15) is 17.5 Å². The van der Waals surface area contributed by atoms with E-state index in [1.165, 1.54) is 72.8 Å². The molecule has 0 aliphatic carbocycles. The predicted octanol–water partition coefficient (Wildman–Crippen LogP) is 1.82. The summed E-state index contributed by atoms with van der Waals surface area (Å²) in [7, 11) is -3.45. The molecular formula is C18H13F3O3SiV. The van der Waals surface area contributed by atoms with E-state index < -0.39 is 25.8 Å². The van der Waals surface area contributed by atoms with E-state index in [9.17, 15) is 18.0 Å². The smallest absolute Gasteiger partial charge is 2.00 e. The molecule has 3 rings (SSSR count). The van der Waals surface area contributed by atoms with Crippen LogP contribution in [0.4, 0.5) is 13.2 Å². The third kappa shape index (κ3) is 4.64. The summed E-state index contributed by atoms with van der Waals surface area (Å²) in [5, 5.41) is 1.62. The molecule has 0 amide bonds. The minimum atomic E-state index is -3.45. The maximum Gasteiger partial charge on any atom is 4.00 e. The Labute approximate surface area is 161 Å². The molecule has 0 aliphatic rings. The first-order valence-electron chi connectivity index (χ1n) is 7.00. The van der Waals surface area contributed by atoms with Crippen molar-refractivity contribution in [3.05, 3.63) is 90.2 Å². The second-order valence-electron chi connectivity index (χ2n) is 5.23. The van der Waals surface area contributed by atoms with Gasteiger partial charge in [-0.2, -0.15) is 0 Å². The van der Waals surface area contributed by atoms with Gasteiger partial charge >= 0.3 is 18.6 Å². The van der Waals surface area contributed by atoms with Gasteiger partial charge in [-0.15, -0.1) is 0 Å². The molecular weight excluding hydrogens is 400 g/mol. The summed E-state index contributed by atoms with van der Waals surface area (Å²) in [5.41, 5.74) is 0. The summed E-state index contributed by atoms with van der Waals surface area (Å²) < 4.78 is 39.7. The van der Waals surface area contributed by atoms with Crippen molar-refractivity contribution in [2.75, 3.05) is 0 Å². The second kappa shape index (κ2) is 9.73. The fourth-order valence-electron chi connectivity index (χ4n) is 2.57. The van der Waals surface area contributed by atoms with Crippen LogP contribution in [0.25, 0.3) is 0 Å². The Bertz CT molecular complexity index is 702. The van der Waals surface area contributed by atoms with E-state index in [1.54, 1.807) is 0 Å². The van der Waals surface area contributed by atoms with Crippen molar-refractivity contribution in [3.8, 4) is 0 Å². The second-order valence-corrected chi connectivity index (χ2v) is 8.38. The standard InChI is InChI=1S/C18H13F3OSi.2O.V/c19-13-1-7-16(8-2-13)23(22,17-9-3-14(20)4-10-17)18-11-5-15(21)6-12-18;;;/h1-12,22H;;;/q;2*-2;+4. The van der Waals surface area contributed by atoms with Crippen LogP contribution in [0.1, 0.15) is 0 Å². The summed E-state index contributed by atoms with van der Waals surface area (Å²) in [6.07, 6.45) is 0. The molecule has 0 fully saturated rings. The van der Waals surface area contributed by atoms with Crippen LogP contribution in [-0.4, -0.2) is 13.1 Å². The number of halogens is 3. The van der Waals surface area contributed by atoms with Gasteiger partial charge in [0, 0.05) is 0 Å². The molecule has 3 aromatic carbocycles. The van der Waals surface area contributed by atoms with Gasteiger partial charge in [-0.3, -0.25) is 0 Å². The Morgan fingerprint density at radius 1 is 0.500 bits per heavy atom. The van der Waals surface area contributed by atoms with Crippen LogP contribution in [0.3, 0.4) is 0 Å². The Hall–Kier alpha value is -1.87. The number of hydrogen-bond donors (Lipinski definition) is 1. The van der Waals surface area contributed by atoms with Crippen LogP contribution in [-0.2, 0) is 29.5 Å². The molecule has 0 heterocycles. The van der Waals surface area contributed by atoms with E-state index in [0.29, 0.717) is 15.6 Å². The molecule has 3 aromatic rings. The third-order valence-electron chi connectivity index (χ3n) is 3.79. The molecule has 1 radical (unpaired) electrons. The SMILES string of the molecule is O[Si](c1ccc(F)cc1)(c1ccc(F)cc1)c1ccc(F)cc1.[O-2].[O-2].[V+4]. The molecule has 0 saturated carbocycles. The predicted molar refractivity (Wildman–Crippen MR) is 87.4 cm³/mol. The maximum atomic E-state index is 13.2. The first kappa shape index (κ1) is 24.1. The van der Waals surface area contributed by atoms with Crippen LogP contribution in [0.5, 0.6) is 0 Å². The van der Waals surface area contributed by atoms with E-state index in [1.807, 2.05) is 0 Å². The first-order chi connectivity index (χ1) is 11.0. The summed E-state index contributed by atoms with van der Waals surface area (Å²) in [6.45, 7) is 0. The largest absolute Gasteiger partial charge is 4.00 e. The zero-order valence-corrected chi connectivity index (χ0v) is 15.7. The average Bonchev–Trinajstić information content (AvgIpc) is 2.56. The minimum absolute atomic E-state index is 0. The molecule has 0 saturated heterocycles. The average molecular weight is 413 g/mol. The monoisotopic (exact) mass is 413 g/mol. The van der Waals surface area contributed by atoms with Gasteiger partial charge in [-0.05, 0) is 52.0 Å². The molecule has 0 atom stereocenters. The number of benzene rings is 3. The van der Waals surface area contributed by atoms with Gasteiger partial charge in [-0.1, -0.05) is 36.4 Å². The molecule has 0 aliphatic heterocycles. The van der Waals surface area contributed by atoms with E-state index in [4.69, 9.17) is 0 Å². The Morgan fingerprint density at radius 2 is 0.692 bits per heavy atom. The summed E-state index contributed by atoms with van der Waals surface area (Å²) in [4.78, 5) is 11.5. The fraction of sp³-hybridized carbons (Fsp3) is 0. The Balaban J connectivity index is 0.00000208. The van der Waals surface area contributed by atoms with Gasteiger partial charge in [0.25, 0.3) is 8.32 Å². The Morgan fingerprint density at radius 3 is 0.885 bits per heavy atom. The van der Waals surface area contributed by atoms with Crippen LogP contribution in [0.2, 0.25) is 0 Å². The van der Waals surface area contributed by atoms with Crippen LogP contribution in [0.15, 0.2) is 72.8 Å². The van der Waals surface area contributed by atoms with Crippen molar-refractivity contribution in [1.29, 1.82) is 0 Å². The van der Waals surface area contributed by atoms with Crippen LogP contribution >= 0.6 is 0 Å². The number of rotatable bonds is 3. The van der Waals surface area contributed by atoms with Gasteiger partial charge in [0.05, 0.1) is 0 Å². The van der Waals surface area contributed by atoms with E-state index in [-0.39, 0.29) is 29.5 Å². The normalized spacial score (nSPS) is 10.2. The van der Waals surface area contributed by atoms with Crippen LogP contribution < -0.4 is 15.6 Å². The molecule has 1 N–H and O–H groups in total. The molecule has 133 valence electrons. The van der Waals surface area contributed by atoms with Gasteiger partial charge in [0.2, 0.25) is 0 Å². The molecule has 0 unspecified atom stereocenters. The van der Waals surface area contributed by atoms with E-state index in [2.05, 4.69) is 0 Å². The minimum Gasteiger partial charge on any atom is -2.00 e. The van der Waals surface area contributed by atoms with Crippen molar-refractivity contribution in [2.45, 2.75) is 0 Å². The quantitative estimate of drug-likeness (QED) is 0.516. The van der Waals surface area contributed by atoms with E-state index in [0.717, 1.165) is 0 Å². The van der Waals surface area contributed by atoms with Crippen LogP contribution in [0, 0.1) is 17.5 Å². The zero-order valence-electron chi connectivity index (χ0n) is 13.3. The summed E-state index contributed by atoms with van der Waals surface area (Å²) >= 11 is 0. The van der Waals surface area contributed by atoms with Crippen molar-refractivity contribution >= 4 is 23.9 Å². The third-order valence-corrected chi connectivity index (χ3v) is 7.29.